The van der Waals surface area contributed by atoms with Gasteiger partial charge in [0.05, 0.1) is 11.9 Å². The van der Waals surface area contributed by atoms with E-state index >= 15 is 0 Å². The summed E-state index contributed by atoms with van der Waals surface area (Å²) in [6, 6.07) is 3.24. The number of aromatic amines is 1. The Labute approximate surface area is 87.5 Å². The van der Waals surface area contributed by atoms with Crippen molar-refractivity contribution in [2.24, 2.45) is 0 Å². The van der Waals surface area contributed by atoms with Gasteiger partial charge in [0, 0.05) is 6.20 Å². The average molecular weight is 229 g/mol. The molecule has 2 aromatic heterocycles. The van der Waals surface area contributed by atoms with Gasteiger partial charge in [-0.05, 0) is 12.1 Å². The zero-order valence-corrected chi connectivity index (χ0v) is 7.88. The van der Waals surface area contributed by atoms with E-state index in [4.69, 9.17) is 0 Å². The summed E-state index contributed by atoms with van der Waals surface area (Å²) in [7, 11) is 0. The highest BCUT2D eigenvalue weighted by Crippen LogP contribution is 2.18. The summed E-state index contributed by atoms with van der Waals surface area (Å²) < 4.78 is 36.0. The van der Waals surface area contributed by atoms with Gasteiger partial charge in [0.2, 0.25) is 5.78 Å². The predicted octanol–water partition coefficient (Wildman–Crippen LogP) is 1.63. The van der Waals surface area contributed by atoms with Crippen molar-refractivity contribution in [3.8, 4) is 0 Å². The van der Waals surface area contributed by atoms with Crippen LogP contribution in [0, 0.1) is 0 Å². The Morgan fingerprint density at radius 2 is 2.19 bits per heavy atom. The van der Waals surface area contributed by atoms with Crippen molar-refractivity contribution in [1.82, 2.24) is 15.0 Å². The van der Waals surface area contributed by atoms with Crippen molar-refractivity contribution < 1.29 is 18.0 Å². The third-order valence-electron chi connectivity index (χ3n) is 1.95. The third-order valence-corrected chi connectivity index (χ3v) is 1.95. The Hall–Kier alpha value is -1.92. The molecule has 0 saturated heterocycles. The third kappa shape index (κ3) is 2.02. The first kappa shape index (κ1) is 10.6. The second-order valence-corrected chi connectivity index (χ2v) is 3.16. The number of nitrogens with one attached hydrogen (secondary N) is 1. The highest BCUT2D eigenvalue weighted by molar-refractivity contribution is 5.86. The number of fused-ring (bicyclic) bond motifs is 1. The number of carbonyl (C=O) groups excluding carboxylic acids is 1. The fourth-order valence-corrected chi connectivity index (χ4v) is 1.23. The van der Waals surface area contributed by atoms with Crippen molar-refractivity contribution in [2.75, 3.05) is 0 Å². The number of Topliss-reactive ketones (excluding diaryl/α,β-unsaturated/α-hetero) is 1. The van der Waals surface area contributed by atoms with Crippen molar-refractivity contribution in [1.29, 1.82) is 0 Å². The molecule has 0 amide bonds. The molecule has 4 nitrogen and oxygen atoms in total. The number of imidazole rings is 1. The lowest BCUT2D eigenvalue weighted by Gasteiger charge is -2.01. The van der Waals surface area contributed by atoms with Gasteiger partial charge in [0.25, 0.3) is 0 Å². The highest BCUT2D eigenvalue weighted by atomic mass is 19.4. The zero-order valence-electron chi connectivity index (χ0n) is 7.88. The predicted molar refractivity (Wildman–Crippen MR) is 48.7 cm³/mol. The van der Waals surface area contributed by atoms with Crippen LogP contribution < -0.4 is 0 Å². The molecule has 0 bridgehead atoms. The van der Waals surface area contributed by atoms with E-state index < -0.39 is 18.4 Å². The van der Waals surface area contributed by atoms with Gasteiger partial charge in [0.1, 0.15) is 5.82 Å². The largest absolute Gasteiger partial charge is 0.450 e. The van der Waals surface area contributed by atoms with Crippen LogP contribution in [0.3, 0.4) is 0 Å². The highest BCUT2D eigenvalue weighted by Gasteiger charge is 2.38. The summed E-state index contributed by atoms with van der Waals surface area (Å²) in [6.07, 6.45) is -4.15. The number of halogens is 3. The van der Waals surface area contributed by atoms with E-state index in [9.17, 15) is 18.0 Å². The fraction of sp³-hybridized carbons (Fsp3) is 0.222. The lowest BCUT2D eigenvalue weighted by Crippen LogP contribution is -2.24. The van der Waals surface area contributed by atoms with Crippen LogP contribution in [0.25, 0.3) is 11.2 Å². The minimum Gasteiger partial charge on any atom is -0.340 e. The SMILES string of the molecule is O=C(Cc1nc2ncccc2[nH]1)C(F)(F)F. The summed E-state index contributed by atoms with van der Waals surface area (Å²) in [5, 5.41) is 0. The van der Waals surface area contributed by atoms with Crippen LogP contribution in [0.4, 0.5) is 13.2 Å². The van der Waals surface area contributed by atoms with E-state index in [1.807, 2.05) is 0 Å². The fourth-order valence-electron chi connectivity index (χ4n) is 1.23. The van der Waals surface area contributed by atoms with Crippen LogP contribution in [0.5, 0.6) is 0 Å². The quantitative estimate of drug-likeness (QED) is 0.851. The van der Waals surface area contributed by atoms with Gasteiger partial charge >= 0.3 is 6.18 Å². The van der Waals surface area contributed by atoms with Crippen LogP contribution in [0.1, 0.15) is 5.82 Å². The summed E-state index contributed by atoms with van der Waals surface area (Å²) in [5.41, 5.74) is 0.806. The number of carbonyl (C=O) groups is 1. The van der Waals surface area contributed by atoms with Crippen molar-refractivity contribution in [3.05, 3.63) is 24.2 Å². The topological polar surface area (TPSA) is 58.6 Å². The van der Waals surface area contributed by atoms with Gasteiger partial charge in [-0.3, -0.25) is 4.79 Å². The van der Waals surface area contributed by atoms with Gasteiger partial charge in [-0.1, -0.05) is 0 Å². The minimum absolute atomic E-state index is 0.0315. The number of H-pyrrole nitrogens is 1. The second kappa shape index (κ2) is 3.58. The first-order valence-electron chi connectivity index (χ1n) is 4.36. The van der Waals surface area contributed by atoms with Gasteiger partial charge in [-0.25, -0.2) is 9.97 Å². The number of nitrogens with zero attached hydrogens (tertiary/aromatic N) is 2. The molecule has 0 spiro atoms. The standard InChI is InChI=1S/C9H6F3N3O/c10-9(11,12)6(16)4-7-14-5-2-1-3-13-8(5)15-7/h1-3H,4H2,(H,13,14,15). The van der Waals surface area contributed by atoms with Gasteiger partial charge in [-0.2, -0.15) is 13.2 Å². The second-order valence-electron chi connectivity index (χ2n) is 3.16. The number of pyridine rings is 1. The normalized spacial score (nSPS) is 11.9. The molecule has 1 N–H and O–H groups in total. The number of aromatic nitrogens is 3. The van der Waals surface area contributed by atoms with E-state index in [1.165, 1.54) is 6.20 Å². The summed E-state index contributed by atoms with van der Waals surface area (Å²) in [4.78, 5) is 20.9. The maximum Gasteiger partial charge on any atom is 0.450 e. The molecule has 0 fully saturated rings. The molecule has 0 atom stereocenters. The first-order valence-corrected chi connectivity index (χ1v) is 4.36. The van der Waals surface area contributed by atoms with Crippen LogP contribution in [-0.4, -0.2) is 26.9 Å². The van der Waals surface area contributed by atoms with Crippen LogP contribution in [0.15, 0.2) is 18.3 Å². The maximum atomic E-state index is 12.0. The molecule has 0 aromatic carbocycles. The summed E-state index contributed by atoms with van der Waals surface area (Å²) >= 11 is 0. The maximum absolute atomic E-state index is 12.0. The van der Waals surface area contributed by atoms with Crippen molar-refractivity contribution in [2.45, 2.75) is 12.6 Å². The molecule has 0 radical (unpaired) electrons. The Bertz CT molecular complexity index is 499. The van der Waals surface area contributed by atoms with Gasteiger partial charge in [-0.15, -0.1) is 0 Å². The van der Waals surface area contributed by atoms with Gasteiger partial charge in [0.15, 0.2) is 5.65 Å². The Balaban J connectivity index is 2.25. The van der Waals surface area contributed by atoms with E-state index in [0.717, 1.165) is 0 Å². The molecule has 0 aliphatic heterocycles. The molecule has 2 heterocycles. The lowest BCUT2D eigenvalue weighted by molar-refractivity contribution is -0.170. The van der Waals surface area contributed by atoms with Crippen molar-refractivity contribution in [3.63, 3.8) is 0 Å². The van der Waals surface area contributed by atoms with Crippen LogP contribution in [-0.2, 0) is 11.2 Å². The minimum atomic E-state index is -4.83. The number of ketones is 1. The number of hydrogen-bond acceptors (Lipinski definition) is 3. The van der Waals surface area contributed by atoms with Crippen molar-refractivity contribution >= 4 is 16.9 Å². The summed E-state index contributed by atoms with van der Waals surface area (Å²) in [6.45, 7) is 0. The Morgan fingerprint density at radius 3 is 2.81 bits per heavy atom. The lowest BCUT2D eigenvalue weighted by atomic mass is 10.3. The first-order chi connectivity index (χ1) is 7.47. The van der Waals surface area contributed by atoms with Crippen LogP contribution >= 0.6 is 0 Å². The van der Waals surface area contributed by atoms with E-state index in [2.05, 4.69) is 15.0 Å². The number of hydrogen-bond donors (Lipinski definition) is 1. The van der Waals surface area contributed by atoms with Gasteiger partial charge < -0.3 is 4.98 Å². The molecule has 0 aliphatic rings. The smallest absolute Gasteiger partial charge is 0.340 e. The molecular formula is C9H6F3N3O. The molecule has 0 saturated carbocycles. The number of alkyl halides is 3. The molecular weight excluding hydrogens is 223 g/mol. The molecule has 0 aliphatic carbocycles. The van der Waals surface area contributed by atoms with E-state index in [-0.39, 0.29) is 5.82 Å². The molecule has 84 valence electrons. The van der Waals surface area contributed by atoms with Crippen LogP contribution in [0.2, 0.25) is 0 Å². The molecule has 0 unspecified atom stereocenters. The monoisotopic (exact) mass is 229 g/mol. The molecule has 16 heavy (non-hydrogen) atoms. The molecule has 2 rings (SSSR count). The van der Waals surface area contributed by atoms with E-state index in [0.29, 0.717) is 11.2 Å². The molecule has 2 aromatic rings. The Morgan fingerprint density at radius 1 is 1.44 bits per heavy atom. The number of rotatable bonds is 2. The Kier molecular flexibility index (Phi) is 2.37. The summed E-state index contributed by atoms with van der Waals surface area (Å²) in [5.74, 6) is -1.86. The zero-order chi connectivity index (χ0) is 11.8. The average Bonchev–Trinajstić information content (AvgIpc) is 2.58. The molecule has 7 heteroatoms. The van der Waals surface area contributed by atoms with E-state index in [1.54, 1.807) is 12.1 Å².